The van der Waals surface area contributed by atoms with E-state index in [1.165, 1.54) is 0 Å². The van der Waals surface area contributed by atoms with Gasteiger partial charge in [-0.15, -0.1) is 10.2 Å². The molecule has 0 radical (unpaired) electrons. The van der Waals surface area contributed by atoms with E-state index >= 15 is 0 Å². The fourth-order valence-corrected chi connectivity index (χ4v) is 0.496. The van der Waals surface area contributed by atoms with Crippen molar-refractivity contribution in [3.05, 3.63) is 10.6 Å². The fourth-order valence-electron chi connectivity index (χ4n) is 0.410. The molecule has 0 saturated heterocycles. The van der Waals surface area contributed by atoms with Crippen LogP contribution in [0.25, 0.3) is 0 Å². The lowest BCUT2D eigenvalue weighted by atomic mass is 10.5. The Labute approximate surface area is 57.3 Å². The van der Waals surface area contributed by atoms with E-state index in [0.717, 1.165) is 6.42 Å². The van der Waals surface area contributed by atoms with Gasteiger partial charge in [0.05, 0.1) is 0 Å². The van der Waals surface area contributed by atoms with Crippen LogP contribution in [-0.2, 0) is 6.42 Å². The lowest BCUT2D eigenvalue weighted by Gasteiger charge is -1.87. The summed E-state index contributed by atoms with van der Waals surface area (Å²) >= 11 is 4.63. The fraction of sp³-hybridized carbons (Fsp3) is 0.500. The molecular weight excluding hydrogens is 136 g/mol. The molecule has 4 nitrogen and oxygen atoms in total. The third-order valence-corrected chi connectivity index (χ3v) is 1.03. The van der Waals surface area contributed by atoms with Crippen molar-refractivity contribution >= 4 is 12.2 Å². The monoisotopic (exact) mass is 142 g/mol. The number of rotatable bonds is 1. The maximum absolute atomic E-state index is 4.63. The summed E-state index contributed by atoms with van der Waals surface area (Å²) < 4.78 is 0.326. The molecule has 0 atom stereocenters. The van der Waals surface area contributed by atoms with Gasteiger partial charge < -0.3 is 0 Å². The van der Waals surface area contributed by atoms with Gasteiger partial charge in [0.25, 0.3) is 0 Å². The maximum atomic E-state index is 4.63. The molecule has 48 valence electrons. The van der Waals surface area contributed by atoms with Gasteiger partial charge in [0.2, 0.25) is 4.77 Å². The highest BCUT2D eigenvalue weighted by Crippen LogP contribution is 1.81. The third kappa shape index (κ3) is 1.53. The lowest BCUT2D eigenvalue weighted by molar-refractivity contribution is 0.755. The van der Waals surface area contributed by atoms with Gasteiger partial charge in [-0.05, 0) is 12.2 Å². The summed E-state index contributed by atoms with van der Waals surface area (Å²) in [7, 11) is 0. The first kappa shape index (κ1) is 6.28. The number of H-pyrrole nitrogens is 1. The van der Waals surface area contributed by atoms with Crippen molar-refractivity contribution in [2.75, 3.05) is 0 Å². The summed E-state index contributed by atoms with van der Waals surface area (Å²) in [6, 6.07) is 0. The van der Waals surface area contributed by atoms with Crippen molar-refractivity contribution in [1.29, 1.82) is 0 Å². The summed E-state index contributed by atoms with van der Waals surface area (Å²) in [5.74, 6) is 0.684. The number of hydrogen-bond acceptors (Lipinski definition) is 4. The number of nitrogens with zero attached hydrogens (tertiary/aromatic N) is 3. The van der Waals surface area contributed by atoms with E-state index in [1.54, 1.807) is 0 Å². The average molecular weight is 142 g/mol. The zero-order chi connectivity index (χ0) is 6.69. The lowest BCUT2D eigenvalue weighted by Crippen LogP contribution is -1.97. The van der Waals surface area contributed by atoms with E-state index in [1.807, 2.05) is 6.92 Å². The minimum atomic E-state index is 0.326. The van der Waals surface area contributed by atoms with Crippen LogP contribution in [0.1, 0.15) is 12.7 Å². The van der Waals surface area contributed by atoms with E-state index in [9.17, 15) is 0 Å². The highest BCUT2D eigenvalue weighted by Gasteiger charge is 1.87. The molecule has 0 aliphatic carbocycles. The maximum Gasteiger partial charge on any atom is 0.234 e. The molecular formula is C4H6N4S. The summed E-state index contributed by atoms with van der Waals surface area (Å²) in [5, 5.41) is 13.6. The number of hydrogen-bond donors (Lipinski definition) is 1. The molecule has 1 aromatic heterocycles. The minimum absolute atomic E-state index is 0.326. The molecule has 0 bridgehead atoms. The molecule has 0 saturated carbocycles. The smallest absolute Gasteiger partial charge is 0.234 e. The molecule has 0 unspecified atom stereocenters. The predicted molar refractivity (Wildman–Crippen MR) is 34.4 cm³/mol. The second kappa shape index (κ2) is 2.63. The van der Waals surface area contributed by atoms with E-state index in [2.05, 4.69) is 32.6 Å². The average Bonchev–Trinajstić information content (AvgIpc) is 1.90. The zero-order valence-corrected chi connectivity index (χ0v) is 5.77. The van der Waals surface area contributed by atoms with E-state index < -0.39 is 0 Å². The Kier molecular flexibility index (Phi) is 1.84. The van der Waals surface area contributed by atoms with Crippen LogP contribution in [-0.4, -0.2) is 20.4 Å². The molecule has 0 aliphatic heterocycles. The Hall–Kier alpha value is -0.840. The first-order valence-electron chi connectivity index (χ1n) is 2.61. The molecule has 0 amide bonds. The molecule has 9 heavy (non-hydrogen) atoms. The Morgan fingerprint density at radius 3 is 2.78 bits per heavy atom. The summed E-state index contributed by atoms with van der Waals surface area (Å²) in [6.07, 6.45) is 0.777. The van der Waals surface area contributed by atoms with Gasteiger partial charge in [0.1, 0.15) is 0 Å². The largest absolute Gasteiger partial charge is 0.249 e. The molecule has 0 aromatic carbocycles. The second-order valence-corrected chi connectivity index (χ2v) is 1.89. The first-order chi connectivity index (χ1) is 4.33. The normalized spacial score (nSPS) is 9.44. The molecule has 1 aromatic rings. The van der Waals surface area contributed by atoms with Crippen LogP contribution in [0.4, 0.5) is 0 Å². The van der Waals surface area contributed by atoms with Gasteiger partial charge in [0, 0.05) is 6.42 Å². The van der Waals surface area contributed by atoms with Crippen LogP contribution in [0.3, 0.4) is 0 Å². The van der Waals surface area contributed by atoms with Crippen LogP contribution in [0.5, 0.6) is 0 Å². The van der Waals surface area contributed by atoms with Gasteiger partial charge in [-0.3, -0.25) is 0 Å². The Bertz CT molecular complexity index is 222. The minimum Gasteiger partial charge on any atom is -0.249 e. The quantitative estimate of drug-likeness (QED) is 0.580. The van der Waals surface area contributed by atoms with E-state index in [4.69, 9.17) is 0 Å². The SMILES string of the molecule is CCc1nnc(=S)[nH]n1. The van der Waals surface area contributed by atoms with Crippen LogP contribution in [0.15, 0.2) is 0 Å². The second-order valence-electron chi connectivity index (χ2n) is 1.50. The number of aromatic nitrogens is 4. The molecule has 0 spiro atoms. The molecule has 0 aliphatic rings. The van der Waals surface area contributed by atoms with Gasteiger partial charge in [-0.2, -0.15) is 5.10 Å². The Morgan fingerprint density at radius 1 is 1.56 bits per heavy atom. The van der Waals surface area contributed by atoms with Gasteiger partial charge in [0.15, 0.2) is 5.82 Å². The van der Waals surface area contributed by atoms with Gasteiger partial charge >= 0.3 is 0 Å². The van der Waals surface area contributed by atoms with Crippen LogP contribution >= 0.6 is 12.2 Å². The molecule has 5 heteroatoms. The number of aryl methyl sites for hydroxylation is 1. The van der Waals surface area contributed by atoms with Crippen molar-refractivity contribution in [3.8, 4) is 0 Å². The van der Waals surface area contributed by atoms with Crippen molar-refractivity contribution in [3.63, 3.8) is 0 Å². The summed E-state index contributed by atoms with van der Waals surface area (Å²) in [6.45, 7) is 1.95. The summed E-state index contributed by atoms with van der Waals surface area (Å²) in [4.78, 5) is 0. The topological polar surface area (TPSA) is 54.5 Å². The van der Waals surface area contributed by atoms with Crippen molar-refractivity contribution in [2.45, 2.75) is 13.3 Å². The van der Waals surface area contributed by atoms with Crippen LogP contribution in [0.2, 0.25) is 0 Å². The molecule has 1 N–H and O–H groups in total. The zero-order valence-electron chi connectivity index (χ0n) is 4.96. The Balaban J connectivity index is 3.02. The van der Waals surface area contributed by atoms with Gasteiger partial charge in [-0.25, -0.2) is 5.10 Å². The first-order valence-corrected chi connectivity index (χ1v) is 3.02. The molecule has 0 fully saturated rings. The van der Waals surface area contributed by atoms with Gasteiger partial charge in [-0.1, -0.05) is 6.92 Å². The number of aromatic amines is 1. The highest BCUT2D eigenvalue weighted by molar-refractivity contribution is 7.71. The van der Waals surface area contributed by atoms with E-state index in [-0.39, 0.29) is 0 Å². The van der Waals surface area contributed by atoms with Crippen LogP contribution in [0, 0.1) is 4.77 Å². The highest BCUT2D eigenvalue weighted by atomic mass is 32.1. The van der Waals surface area contributed by atoms with Crippen molar-refractivity contribution in [2.24, 2.45) is 0 Å². The standard InChI is InChI=1S/C4H6N4S/c1-2-3-5-7-4(9)8-6-3/h2H2,1H3,(H,7,8,9). The third-order valence-electron chi connectivity index (χ3n) is 0.853. The number of nitrogens with one attached hydrogen (secondary N) is 1. The predicted octanol–water partition coefficient (Wildman–Crippen LogP) is 0.492. The molecule has 1 heterocycles. The summed E-state index contributed by atoms with van der Waals surface area (Å²) in [5.41, 5.74) is 0. The molecule has 1 rings (SSSR count). The van der Waals surface area contributed by atoms with Crippen molar-refractivity contribution in [1.82, 2.24) is 20.4 Å². The Morgan fingerprint density at radius 2 is 2.33 bits per heavy atom. The van der Waals surface area contributed by atoms with E-state index in [0.29, 0.717) is 10.6 Å². The van der Waals surface area contributed by atoms with Crippen LogP contribution < -0.4 is 0 Å². The van der Waals surface area contributed by atoms with Crippen molar-refractivity contribution < 1.29 is 0 Å².